The Balaban J connectivity index is 2.88. The molecule has 2 aromatic carbocycles. The molecule has 20 heavy (non-hydrogen) atoms. The van der Waals surface area contributed by atoms with E-state index >= 15 is 0 Å². The maximum Gasteiger partial charge on any atom is 0.249 e. The van der Waals surface area contributed by atoms with Crippen LogP contribution in [0.15, 0.2) is 42.5 Å². The third-order valence-corrected chi connectivity index (χ3v) is 2.91. The van der Waals surface area contributed by atoms with Gasteiger partial charge in [-0.1, -0.05) is 24.3 Å². The second-order valence-corrected chi connectivity index (χ2v) is 4.11. The van der Waals surface area contributed by atoms with Crippen LogP contribution in [0.2, 0.25) is 0 Å². The molecule has 0 bridgehead atoms. The standard InChI is InChI=1S/C15H11N3O2/c16-8-9-4-1-2-5-10(9)13-11(14(17)19)6-3-7-12(13)15(18)20/h1-7H,(H2,17,19)(H2,18,20). The molecule has 0 aliphatic carbocycles. The largest absolute Gasteiger partial charge is 0.366 e. The predicted molar refractivity (Wildman–Crippen MR) is 73.6 cm³/mol. The molecule has 0 heterocycles. The molecule has 2 amide bonds. The van der Waals surface area contributed by atoms with E-state index in [9.17, 15) is 9.59 Å². The number of nitrogens with two attached hydrogens (primary N) is 2. The summed E-state index contributed by atoms with van der Waals surface area (Å²) in [5, 5.41) is 9.16. The van der Waals surface area contributed by atoms with Gasteiger partial charge in [-0.25, -0.2) is 0 Å². The van der Waals surface area contributed by atoms with Gasteiger partial charge >= 0.3 is 0 Å². The molecule has 2 aromatic rings. The fraction of sp³-hybridized carbons (Fsp3) is 0. The molecular weight excluding hydrogens is 254 g/mol. The number of nitriles is 1. The number of carbonyl (C=O) groups excluding carboxylic acids is 2. The smallest absolute Gasteiger partial charge is 0.249 e. The first-order valence-corrected chi connectivity index (χ1v) is 5.78. The number of hydrogen-bond acceptors (Lipinski definition) is 3. The van der Waals surface area contributed by atoms with Gasteiger partial charge in [-0.2, -0.15) is 5.26 Å². The van der Waals surface area contributed by atoms with Crippen LogP contribution < -0.4 is 11.5 Å². The van der Waals surface area contributed by atoms with Crippen molar-refractivity contribution in [3.05, 3.63) is 59.2 Å². The number of carbonyl (C=O) groups is 2. The molecule has 0 aliphatic heterocycles. The van der Waals surface area contributed by atoms with Crippen LogP contribution >= 0.6 is 0 Å². The van der Waals surface area contributed by atoms with Crippen molar-refractivity contribution in [3.8, 4) is 17.2 Å². The van der Waals surface area contributed by atoms with E-state index in [0.29, 0.717) is 16.7 Å². The first kappa shape index (κ1) is 13.3. The molecule has 0 atom stereocenters. The van der Waals surface area contributed by atoms with Crippen LogP contribution in [0.5, 0.6) is 0 Å². The SMILES string of the molecule is N#Cc1ccccc1-c1c(C(N)=O)cccc1C(N)=O. The Hall–Kier alpha value is -3.13. The first-order valence-electron chi connectivity index (χ1n) is 5.78. The average Bonchev–Trinajstić information content (AvgIpc) is 2.46. The second-order valence-electron chi connectivity index (χ2n) is 4.11. The molecule has 5 nitrogen and oxygen atoms in total. The third kappa shape index (κ3) is 2.22. The van der Waals surface area contributed by atoms with E-state index in [1.165, 1.54) is 18.2 Å². The molecule has 0 saturated heterocycles. The van der Waals surface area contributed by atoms with Crippen molar-refractivity contribution in [1.29, 1.82) is 5.26 Å². The molecular formula is C15H11N3O2. The van der Waals surface area contributed by atoms with Crippen LogP contribution in [0.3, 0.4) is 0 Å². The molecule has 98 valence electrons. The summed E-state index contributed by atoms with van der Waals surface area (Å²) in [7, 11) is 0. The molecule has 2 rings (SSSR count). The molecule has 0 spiro atoms. The number of rotatable bonds is 3. The van der Waals surface area contributed by atoms with Gasteiger partial charge in [0.2, 0.25) is 11.8 Å². The molecule has 0 saturated carbocycles. The highest BCUT2D eigenvalue weighted by Crippen LogP contribution is 2.30. The minimum Gasteiger partial charge on any atom is -0.366 e. The molecule has 0 aromatic heterocycles. The van der Waals surface area contributed by atoms with Crippen molar-refractivity contribution in [2.24, 2.45) is 11.5 Å². The van der Waals surface area contributed by atoms with E-state index in [-0.39, 0.29) is 11.1 Å². The monoisotopic (exact) mass is 265 g/mol. The van der Waals surface area contributed by atoms with Crippen LogP contribution in [0, 0.1) is 11.3 Å². The lowest BCUT2D eigenvalue weighted by Crippen LogP contribution is -2.18. The Bertz CT molecular complexity index is 713. The number of primary amides is 2. The Morgan fingerprint density at radius 1 is 0.900 bits per heavy atom. The van der Waals surface area contributed by atoms with Gasteiger partial charge in [0.1, 0.15) is 0 Å². The second kappa shape index (κ2) is 5.24. The molecule has 0 aliphatic rings. The lowest BCUT2D eigenvalue weighted by atomic mass is 9.91. The third-order valence-electron chi connectivity index (χ3n) is 2.91. The molecule has 5 heteroatoms. The van der Waals surface area contributed by atoms with Crippen LogP contribution in [0.4, 0.5) is 0 Å². The van der Waals surface area contributed by atoms with Crippen molar-refractivity contribution >= 4 is 11.8 Å². The van der Waals surface area contributed by atoms with Crippen molar-refractivity contribution in [2.45, 2.75) is 0 Å². The highest BCUT2D eigenvalue weighted by Gasteiger charge is 2.19. The summed E-state index contributed by atoms with van der Waals surface area (Å²) in [5.74, 6) is -1.37. The summed E-state index contributed by atoms with van der Waals surface area (Å²) < 4.78 is 0. The maximum atomic E-state index is 11.6. The Labute approximate surface area is 115 Å². The minimum atomic E-state index is -0.684. The average molecular weight is 265 g/mol. The summed E-state index contributed by atoms with van der Waals surface area (Å²) in [4.78, 5) is 23.1. The highest BCUT2D eigenvalue weighted by molar-refractivity contribution is 6.08. The number of amides is 2. The summed E-state index contributed by atoms with van der Waals surface area (Å²) in [5.41, 5.74) is 12.1. The summed E-state index contributed by atoms with van der Waals surface area (Å²) in [6, 6.07) is 13.2. The number of hydrogen-bond donors (Lipinski definition) is 2. The van der Waals surface area contributed by atoms with Gasteiger partial charge in [-0.15, -0.1) is 0 Å². The fourth-order valence-corrected chi connectivity index (χ4v) is 2.05. The van der Waals surface area contributed by atoms with Crippen LogP contribution in [-0.2, 0) is 0 Å². The van der Waals surface area contributed by atoms with Gasteiger partial charge in [0.25, 0.3) is 0 Å². The Kier molecular flexibility index (Phi) is 3.49. The zero-order valence-corrected chi connectivity index (χ0v) is 10.5. The normalized spacial score (nSPS) is 9.75. The van der Waals surface area contributed by atoms with Crippen LogP contribution in [0.1, 0.15) is 26.3 Å². The Morgan fingerprint density at radius 2 is 1.45 bits per heavy atom. The number of benzene rings is 2. The Morgan fingerprint density at radius 3 is 1.95 bits per heavy atom. The van der Waals surface area contributed by atoms with E-state index in [2.05, 4.69) is 0 Å². The predicted octanol–water partition coefficient (Wildman–Crippen LogP) is 1.42. The van der Waals surface area contributed by atoms with Crippen molar-refractivity contribution in [3.63, 3.8) is 0 Å². The van der Waals surface area contributed by atoms with E-state index in [0.717, 1.165) is 0 Å². The van der Waals surface area contributed by atoms with Gasteiger partial charge < -0.3 is 11.5 Å². The van der Waals surface area contributed by atoms with Gasteiger partial charge in [0, 0.05) is 22.3 Å². The van der Waals surface area contributed by atoms with Crippen molar-refractivity contribution in [1.82, 2.24) is 0 Å². The molecule has 4 N–H and O–H groups in total. The first-order chi connectivity index (χ1) is 9.56. The van der Waals surface area contributed by atoms with Gasteiger partial charge in [0.15, 0.2) is 0 Å². The van der Waals surface area contributed by atoms with E-state index < -0.39 is 11.8 Å². The van der Waals surface area contributed by atoms with Gasteiger partial charge in [-0.3, -0.25) is 9.59 Å². The van der Waals surface area contributed by atoms with Crippen LogP contribution in [-0.4, -0.2) is 11.8 Å². The molecule has 0 fully saturated rings. The topological polar surface area (TPSA) is 110 Å². The van der Waals surface area contributed by atoms with Crippen LogP contribution in [0.25, 0.3) is 11.1 Å². The van der Waals surface area contributed by atoms with Crippen molar-refractivity contribution < 1.29 is 9.59 Å². The molecule has 0 radical (unpaired) electrons. The van der Waals surface area contributed by atoms with Gasteiger partial charge in [-0.05, 0) is 18.2 Å². The van der Waals surface area contributed by atoms with E-state index in [4.69, 9.17) is 16.7 Å². The highest BCUT2D eigenvalue weighted by atomic mass is 16.1. The fourth-order valence-electron chi connectivity index (χ4n) is 2.05. The maximum absolute atomic E-state index is 11.6. The quantitative estimate of drug-likeness (QED) is 0.875. The zero-order chi connectivity index (χ0) is 14.7. The van der Waals surface area contributed by atoms with Crippen molar-refractivity contribution in [2.75, 3.05) is 0 Å². The summed E-state index contributed by atoms with van der Waals surface area (Å²) in [6.45, 7) is 0. The van der Waals surface area contributed by atoms with E-state index in [1.807, 2.05) is 6.07 Å². The number of nitrogens with zero attached hydrogens (tertiary/aromatic N) is 1. The lowest BCUT2D eigenvalue weighted by molar-refractivity contribution is 0.0999. The van der Waals surface area contributed by atoms with E-state index in [1.54, 1.807) is 24.3 Å². The lowest BCUT2D eigenvalue weighted by Gasteiger charge is -2.12. The van der Waals surface area contributed by atoms with Gasteiger partial charge in [0.05, 0.1) is 11.6 Å². The summed E-state index contributed by atoms with van der Waals surface area (Å²) >= 11 is 0. The zero-order valence-electron chi connectivity index (χ0n) is 10.5. The minimum absolute atomic E-state index is 0.156. The summed E-state index contributed by atoms with van der Waals surface area (Å²) in [6.07, 6.45) is 0. The molecule has 0 unspecified atom stereocenters.